The van der Waals surface area contributed by atoms with Crippen LogP contribution < -0.4 is 5.32 Å². The lowest BCUT2D eigenvalue weighted by Crippen LogP contribution is -2.30. The van der Waals surface area contributed by atoms with Crippen molar-refractivity contribution in [1.82, 2.24) is 0 Å². The van der Waals surface area contributed by atoms with Gasteiger partial charge in [-0.2, -0.15) is 0 Å². The van der Waals surface area contributed by atoms with Crippen LogP contribution >= 0.6 is 15.9 Å². The number of rotatable bonds is 7. The first-order chi connectivity index (χ1) is 12.8. The first kappa shape index (κ1) is 20.7. The van der Waals surface area contributed by atoms with E-state index in [0.717, 1.165) is 22.7 Å². The predicted molar refractivity (Wildman–Crippen MR) is 98.2 cm³/mol. The number of amides is 1. The number of halogens is 3. The van der Waals surface area contributed by atoms with Gasteiger partial charge in [0, 0.05) is 22.5 Å². The minimum absolute atomic E-state index is 0.0761. The second kappa shape index (κ2) is 9.36. The van der Waals surface area contributed by atoms with Gasteiger partial charge in [-0.25, -0.2) is 8.78 Å². The highest BCUT2D eigenvalue weighted by atomic mass is 79.9. The predicted octanol–water partition coefficient (Wildman–Crippen LogP) is 4.26. The van der Waals surface area contributed by atoms with E-state index >= 15 is 0 Å². The number of ether oxygens (including phenoxy) is 1. The van der Waals surface area contributed by atoms with Crippen LogP contribution in [-0.4, -0.2) is 23.8 Å². The minimum Gasteiger partial charge on any atom is -0.453 e. The van der Waals surface area contributed by atoms with E-state index in [2.05, 4.69) is 21.2 Å². The Bertz CT molecular complexity index is 855. The molecule has 0 aliphatic heterocycles. The molecule has 0 aliphatic carbocycles. The molecule has 8 heteroatoms. The number of esters is 1. The third kappa shape index (κ3) is 6.25. The van der Waals surface area contributed by atoms with Gasteiger partial charge in [0.1, 0.15) is 11.6 Å². The Hall–Kier alpha value is -2.61. The smallest absolute Gasteiger partial charge is 0.307 e. The van der Waals surface area contributed by atoms with E-state index in [9.17, 15) is 23.2 Å². The highest BCUT2D eigenvalue weighted by Crippen LogP contribution is 2.16. The first-order valence-electron chi connectivity index (χ1n) is 8.00. The number of benzene rings is 2. The van der Waals surface area contributed by atoms with Crippen LogP contribution in [0.15, 0.2) is 46.9 Å². The van der Waals surface area contributed by atoms with Crippen molar-refractivity contribution in [2.75, 3.05) is 5.32 Å². The highest BCUT2D eigenvalue weighted by molar-refractivity contribution is 9.10. The average Bonchev–Trinajstić information content (AvgIpc) is 2.63. The van der Waals surface area contributed by atoms with Crippen LogP contribution in [0.4, 0.5) is 14.5 Å². The molecule has 0 spiro atoms. The molecular weight excluding hydrogens is 424 g/mol. The van der Waals surface area contributed by atoms with Gasteiger partial charge >= 0.3 is 5.97 Å². The van der Waals surface area contributed by atoms with Gasteiger partial charge < -0.3 is 10.1 Å². The lowest BCUT2D eigenvalue weighted by atomic mass is 10.1. The molecule has 0 fully saturated rings. The van der Waals surface area contributed by atoms with E-state index < -0.39 is 29.6 Å². The lowest BCUT2D eigenvalue weighted by Gasteiger charge is -2.14. The van der Waals surface area contributed by atoms with Crippen molar-refractivity contribution < 1.29 is 27.9 Å². The van der Waals surface area contributed by atoms with Crippen LogP contribution in [0, 0.1) is 11.6 Å². The van der Waals surface area contributed by atoms with Crippen molar-refractivity contribution >= 4 is 39.3 Å². The van der Waals surface area contributed by atoms with Gasteiger partial charge in [0.15, 0.2) is 11.9 Å². The lowest BCUT2D eigenvalue weighted by molar-refractivity contribution is -0.153. The number of carbonyl (C=O) groups is 3. The second-order valence-corrected chi connectivity index (χ2v) is 6.59. The molecule has 0 aromatic heterocycles. The third-order valence-corrected chi connectivity index (χ3v) is 4.11. The fourth-order valence-electron chi connectivity index (χ4n) is 2.13. The number of anilines is 1. The quantitative estimate of drug-likeness (QED) is 0.516. The first-order valence-corrected chi connectivity index (χ1v) is 8.79. The Labute approximate surface area is 162 Å². The summed E-state index contributed by atoms with van der Waals surface area (Å²) in [7, 11) is 0. The molecule has 2 aromatic rings. The van der Waals surface area contributed by atoms with Crippen molar-refractivity contribution in [3.63, 3.8) is 0 Å². The van der Waals surface area contributed by atoms with E-state index in [4.69, 9.17) is 4.74 Å². The van der Waals surface area contributed by atoms with E-state index in [-0.39, 0.29) is 24.3 Å². The van der Waals surface area contributed by atoms with E-state index in [1.54, 1.807) is 24.3 Å². The molecule has 1 atom stereocenters. The summed E-state index contributed by atoms with van der Waals surface area (Å²) in [6.45, 7) is 1.29. The van der Waals surface area contributed by atoms with Crippen molar-refractivity contribution in [2.45, 2.75) is 25.9 Å². The number of hydrogen-bond acceptors (Lipinski definition) is 4. The molecule has 0 heterocycles. The van der Waals surface area contributed by atoms with Crippen LogP contribution in [0.25, 0.3) is 0 Å². The molecule has 1 unspecified atom stereocenters. The number of Topliss-reactive ketones (excluding diaryl/α,β-unsaturated/α-hetero) is 1. The minimum atomic E-state index is -1.23. The summed E-state index contributed by atoms with van der Waals surface area (Å²) in [4.78, 5) is 35.8. The molecule has 1 N–H and O–H groups in total. The summed E-state index contributed by atoms with van der Waals surface area (Å²) in [5.41, 5.74) is 0.103. The maximum atomic E-state index is 13.5. The summed E-state index contributed by atoms with van der Waals surface area (Å²) in [6, 6.07) is 9.28. The zero-order valence-electron chi connectivity index (χ0n) is 14.3. The maximum absolute atomic E-state index is 13.5. The van der Waals surface area contributed by atoms with Crippen LogP contribution in [-0.2, 0) is 14.3 Å². The van der Waals surface area contributed by atoms with E-state index in [1.807, 2.05) is 0 Å². The summed E-state index contributed by atoms with van der Waals surface area (Å²) in [5.74, 6) is -3.33. The van der Waals surface area contributed by atoms with Gasteiger partial charge in [-0.15, -0.1) is 0 Å². The summed E-state index contributed by atoms with van der Waals surface area (Å²) >= 11 is 3.26. The molecule has 27 heavy (non-hydrogen) atoms. The van der Waals surface area contributed by atoms with Crippen molar-refractivity contribution in [3.8, 4) is 0 Å². The molecule has 0 radical (unpaired) electrons. The van der Waals surface area contributed by atoms with Crippen molar-refractivity contribution in [3.05, 3.63) is 64.1 Å². The SMILES string of the molecule is CC(OC(=O)CCC(=O)c1ccc(Br)cc1)C(=O)Nc1cc(F)ccc1F. The molecule has 1 amide bonds. The maximum Gasteiger partial charge on any atom is 0.307 e. The third-order valence-electron chi connectivity index (χ3n) is 3.59. The monoisotopic (exact) mass is 439 g/mol. The topological polar surface area (TPSA) is 72.5 Å². The van der Waals surface area contributed by atoms with E-state index in [0.29, 0.717) is 5.56 Å². The number of nitrogens with one attached hydrogen (secondary N) is 1. The summed E-state index contributed by atoms with van der Waals surface area (Å²) in [6.07, 6.45) is -1.52. The summed E-state index contributed by atoms with van der Waals surface area (Å²) in [5, 5.41) is 2.15. The fraction of sp³-hybridized carbons (Fsp3) is 0.211. The van der Waals surface area contributed by atoms with Crippen molar-refractivity contribution in [2.24, 2.45) is 0 Å². The standard InChI is InChI=1S/C19H16BrF2NO4/c1-11(19(26)23-16-10-14(21)6-7-15(16)22)27-18(25)9-8-17(24)12-2-4-13(20)5-3-12/h2-7,10-11H,8-9H2,1H3,(H,23,26). The van der Waals surface area contributed by atoms with Crippen molar-refractivity contribution in [1.29, 1.82) is 0 Å². The van der Waals surface area contributed by atoms with Gasteiger partial charge in [0.25, 0.3) is 5.91 Å². The molecule has 2 aromatic carbocycles. The summed E-state index contributed by atoms with van der Waals surface area (Å²) < 4.78 is 32.4. The van der Waals surface area contributed by atoms with Crippen LogP contribution in [0.1, 0.15) is 30.1 Å². The Morgan fingerprint density at radius 2 is 1.74 bits per heavy atom. The normalized spacial score (nSPS) is 11.6. The molecule has 0 aliphatic rings. The Kier molecular flexibility index (Phi) is 7.18. The van der Waals surface area contributed by atoms with Gasteiger partial charge in [-0.3, -0.25) is 14.4 Å². The van der Waals surface area contributed by atoms with E-state index in [1.165, 1.54) is 6.92 Å². The zero-order chi connectivity index (χ0) is 20.0. The number of carbonyl (C=O) groups excluding carboxylic acids is 3. The number of hydrogen-bond donors (Lipinski definition) is 1. The molecule has 2 rings (SSSR count). The molecule has 0 saturated carbocycles. The van der Waals surface area contributed by atoms with Gasteiger partial charge in [-0.05, 0) is 31.2 Å². The van der Waals surface area contributed by atoms with Crippen LogP contribution in [0.5, 0.6) is 0 Å². The van der Waals surface area contributed by atoms with Gasteiger partial charge in [0.05, 0.1) is 12.1 Å². The van der Waals surface area contributed by atoms with Crippen LogP contribution in [0.3, 0.4) is 0 Å². The Morgan fingerprint density at radius 3 is 2.41 bits per heavy atom. The largest absolute Gasteiger partial charge is 0.453 e. The molecule has 142 valence electrons. The fourth-order valence-corrected chi connectivity index (χ4v) is 2.40. The second-order valence-electron chi connectivity index (χ2n) is 5.68. The highest BCUT2D eigenvalue weighted by Gasteiger charge is 2.20. The molecule has 0 saturated heterocycles. The van der Waals surface area contributed by atoms with Gasteiger partial charge in [-0.1, -0.05) is 28.1 Å². The van der Waals surface area contributed by atoms with Gasteiger partial charge in [0.2, 0.25) is 0 Å². The molecular formula is C19H16BrF2NO4. The Morgan fingerprint density at radius 1 is 1.07 bits per heavy atom. The molecule has 0 bridgehead atoms. The van der Waals surface area contributed by atoms with Crippen LogP contribution in [0.2, 0.25) is 0 Å². The number of ketones is 1. The average molecular weight is 440 g/mol. The molecule has 5 nitrogen and oxygen atoms in total. The Balaban J connectivity index is 1.83. The zero-order valence-corrected chi connectivity index (χ0v) is 15.9.